The molecule has 0 unspecified atom stereocenters. The SMILES string of the molecule is CCC[C@H]1C[C@H](CC(=O)O)C[C@@H](c2ccc(C(F)(F)F)cc2)N1Cc1cc(C(F)(F)F)ccc1C(F)(F)F. The van der Waals surface area contributed by atoms with Crippen molar-refractivity contribution < 1.29 is 49.4 Å². The lowest BCUT2D eigenvalue weighted by molar-refractivity contribution is -0.142. The van der Waals surface area contributed by atoms with E-state index in [9.17, 15) is 49.4 Å². The maximum Gasteiger partial charge on any atom is 0.416 e. The number of aliphatic carboxylic acids is 1. The molecule has 2 aromatic carbocycles. The fourth-order valence-electron chi connectivity index (χ4n) is 5.19. The third-order valence-electron chi connectivity index (χ3n) is 6.83. The van der Waals surface area contributed by atoms with E-state index in [2.05, 4.69) is 0 Å². The van der Waals surface area contributed by atoms with Gasteiger partial charge >= 0.3 is 24.5 Å². The van der Waals surface area contributed by atoms with E-state index in [4.69, 9.17) is 0 Å². The molecule has 1 aliphatic rings. The van der Waals surface area contributed by atoms with Gasteiger partial charge in [0.05, 0.1) is 16.7 Å². The molecule has 1 fully saturated rings. The molecule has 0 bridgehead atoms. The summed E-state index contributed by atoms with van der Waals surface area (Å²) in [5, 5.41) is 9.33. The summed E-state index contributed by atoms with van der Waals surface area (Å²) in [5.41, 5.74) is -3.72. The number of alkyl halides is 9. The second kappa shape index (κ2) is 11.2. The van der Waals surface area contributed by atoms with Crippen LogP contribution in [0.2, 0.25) is 0 Å². The summed E-state index contributed by atoms with van der Waals surface area (Å²) in [7, 11) is 0. The van der Waals surface area contributed by atoms with Crippen LogP contribution in [0.15, 0.2) is 42.5 Å². The molecule has 3 rings (SSSR count). The highest BCUT2D eigenvalue weighted by molar-refractivity contribution is 5.67. The lowest BCUT2D eigenvalue weighted by atomic mass is 9.79. The molecule has 1 saturated heterocycles. The number of benzene rings is 2. The number of hydrogen-bond acceptors (Lipinski definition) is 2. The average Bonchev–Trinajstić information content (AvgIpc) is 2.78. The van der Waals surface area contributed by atoms with Gasteiger partial charge in [0.15, 0.2) is 0 Å². The van der Waals surface area contributed by atoms with Crippen molar-refractivity contribution in [3.05, 3.63) is 70.3 Å². The quantitative estimate of drug-likeness (QED) is 0.349. The number of rotatable bonds is 7. The first-order valence-electron chi connectivity index (χ1n) is 11.9. The first kappa shape index (κ1) is 29.8. The number of likely N-dealkylation sites (tertiary alicyclic amines) is 1. The van der Waals surface area contributed by atoms with Gasteiger partial charge in [-0.15, -0.1) is 0 Å². The molecule has 3 nitrogen and oxygen atoms in total. The van der Waals surface area contributed by atoms with Crippen molar-refractivity contribution in [3.63, 3.8) is 0 Å². The summed E-state index contributed by atoms with van der Waals surface area (Å²) in [6.07, 6.45) is -13.4. The minimum absolute atomic E-state index is 0.109. The van der Waals surface area contributed by atoms with Crippen LogP contribution in [-0.2, 0) is 29.9 Å². The molecule has 210 valence electrons. The third-order valence-corrected chi connectivity index (χ3v) is 6.83. The summed E-state index contributed by atoms with van der Waals surface area (Å²) in [6.45, 7) is 1.26. The van der Waals surface area contributed by atoms with Crippen LogP contribution in [0, 0.1) is 5.92 Å². The van der Waals surface area contributed by atoms with Crippen molar-refractivity contribution in [1.82, 2.24) is 4.90 Å². The van der Waals surface area contributed by atoms with Gasteiger partial charge in [0.2, 0.25) is 0 Å². The zero-order valence-corrected chi connectivity index (χ0v) is 20.2. The first-order chi connectivity index (χ1) is 17.5. The van der Waals surface area contributed by atoms with Gasteiger partial charge in [0.1, 0.15) is 0 Å². The van der Waals surface area contributed by atoms with Gasteiger partial charge in [-0.2, -0.15) is 39.5 Å². The van der Waals surface area contributed by atoms with Crippen molar-refractivity contribution in [1.29, 1.82) is 0 Å². The van der Waals surface area contributed by atoms with Crippen LogP contribution in [0.5, 0.6) is 0 Å². The van der Waals surface area contributed by atoms with Crippen molar-refractivity contribution in [2.45, 2.75) is 76.2 Å². The molecule has 2 aromatic rings. The van der Waals surface area contributed by atoms with E-state index < -0.39 is 71.3 Å². The number of carboxylic acids is 1. The Morgan fingerprint density at radius 3 is 1.95 bits per heavy atom. The van der Waals surface area contributed by atoms with Gasteiger partial charge in [0, 0.05) is 25.0 Å². The van der Waals surface area contributed by atoms with Crippen LogP contribution < -0.4 is 0 Å². The molecule has 0 radical (unpaired) electrons. The normalized spacial score (nSPS) is 21.5. The Bertz CT molecular complexity index is 1110. The second-order valence-corrected chi connectivity index (χ2v) is 9.55. The summed E-state index contributed by atoms with van der Waals surface area (Å²) >= 11 is 0. The number of piperidine rings is 1. The number of carboxylic acid groups (broad SMARTS) is 1. The van der Waals surface area contributed by atoms with E-state index in [-0.39, 0.29) is 19.3 Å². The van der Waals surface area contributed by atoms with Crippen LogP contribution in [0.3, 0.4) is 0 Å². The predicted molar refractivity (Wildman–Crippen MR) is 120 cm³/mol. The Morgan fingerprint density at radius 2 is 1.45 bits per heavy atom. The van der Waals surface area contributed by atoms with Gasteiger partial charge in [-0.1, -0.05) is 25.5 Å². The third kappa shape index (κ3) is 7.21. The molecule has 1 aliphatic heterocycles. The number of nitrogens with zero attached hydrogens (tertiary/aromatic N) is 1. The van der Waals surface area contributed by atoms with E-state index in [1.54, 1.807) is 11.8 Å². The smallest absolute Gasteiger partial charge is 0.416 e. The molecule has 1 heterocycles. The Kier molecular flexibility index (Phi) is 8.74. The number of hydrogen-bond donors (Lipinski definition) is 1. The van der Waals surface area contributed by atoms with E-state index >= 15 is 0 Å². The minimum Gasteiger partial charge on any atom is -0.481 e. The molecular formula is C26H26F9NO2. The maximum absolute atomic E-state index is 13.8. The minimum atomic E-state index is -4.94. The topological polar surface area (TPSA) is 40.5 Å². The van der Waals surface area contributed by atoms with E-state index in [1.807, 2.05) is 0 Å². The zero-order chi connectivity index (χ0) is 28.5. The van der Waals surface area contributed by atoms with E-state index in [0.29, 0.717) is 36.6 Å². The monoisotopic (exact) mass is 555 g/mol. The molecule has 38 heavy (non-hydrogen) atoms. The molecule has 0 saturated carbocycles. The highest BCUT2D eigenvalue weighted by Gasteiger charge is 2.41. The van der Waals surface area contributed by atoms with Crippen molar-refractivity contribution in [2.75, 3.05) is 0 Å². The molecule has 0 aromatic heterocycles. The molecule has 0 spiro atoms. The highest BCUT2D eigenvalue weighted by Crippen LogP contribution is 2.44. The van der Waals surface area contributed by atoms with Crippen LogP contribution in [0.25, 0.3) is 0 Å². The number of halogens is 9. The van der Waals surface area contributed by atoms with Crippen molar-refractivity contribution in [2.24, 2.45) is 5.92 Å². The highest BCUT2D eigenvalue weighted by atomic mass is 19.4. The van der Waals surface area contributed by atoms with Gasteiger partial charge in [-0.25, -0.2) is 0 Å². The second-order valence-electron chi connectivity index (χ2n) is 9.55. The van der Waals surface area contributed by atoms with Gasteiger partial charge in [0.25, 0.3) is 0 Å². The van der Waals surface area contributed by atoms with E-state index in [0.717, 1.165) is 12.1 Å². The summed E-state index contributed by atoms with van der Waals surface area (Å²) < 4.78 is 121. The largest absolute Gasteiger partial charge is 0.481 e. The molecule has 3 atom stereocenters. The summed E-state index contributed by atoms with van der Waals surface area (Å²) in [4.78, 5) is 13.0. The summed E-state index contributed by atoms with van der Waals surface area (Å²) in [6, 6.07) is 3.93. The van der Waals surface area contributed by atoms with Gasteiger partial charge < -0.3 is 5.11 Å². The Labute approximate surface area is 213 Å². The van der Waals surface area contributed by atoms with E-state index in [1.165, 1.54) is 12.1 Å². The summed E-state index contributed by atoms with van der Waals surface area (Å²) in [5.74, 6) is -1.52. The van der Waals surface area contributed by atoms with Gasteiger partial charge in [-0.05, 0) is 66.6 Å². The fourth-order valence-corrected chi connectivity index (χ4v) is 5.19. The van der Waals surface area contributed by atoms with Crippen molar-refractivity contribution in [3.8, 4) is 0 Å². The lowest BCUT2D eigenvalue weighted by Gasteiger charge is -2.46. The maximum atomic E-state index is 13.8. The lowest BCUT2D eigenvalue weighted by Crippen LogP contribution is -2.45. The van der Waals surface area contributed by atoms with Crippen LogP contribution in [0.1, 0.15) is 72.9 Å². The standard InChI is InChI=1S/C26H26F9NO2/c1-2-3-20-10-15(12-23(37)38)11-22(16-4-6-18(7-5-16)24(27,28)29)36(20)14-17-13-19(25(30,31)32)8-9-21(17)26(33,34)35/h4-9,13,15,20,22H,2-3,10-12,14H2,1H3,(H,37,38)/t15-,20-,22-/m0/s1. The first-order valence-corrected chi connectivity index (χ1v) is 11.9. The predicted octanol–water partition coefficient (Wildman–Crippen LogP) is 8.34. The molecule has 0 aliphatic carbocycles. The van der Waals surface area contributed by atoms with Gasteiger partial charge in [-0.3, -0.25) is 9.69 Å². The molecular weight excluding hydrogens is 529 g/mol. The Hall–Kier alpha value is -2.76. The average molecular weight is 555 g/mol. The molecule has 1 N–H and O–H groups in total. The molecule has 12 heteroatoms. The molecule has 0 amide bonds. The Morgan fingerprint density at radius 1 is 0.868 bits per heavy atom. The van der Waals surface area contributed by atoms with Crippen molar-refractivity contribution >= 4 is 5.97 Å². The fraction of sp³-hybridized carbons (Fsp3) is 0.500. The van der Waals surface area contributed by atoms with Crippen LogP contribution in [0.4, 0.5) is 39.5 Å². The zero-order valence-electron chi connectivity index (χ0n) is 20.2. The van der Waals surface area contributed by atoms with Crippen LogP contribution >= 0.6 is 0 Å². The Balaban J connectivity index is 2.11. The number of carbonyl (C=O) groups is 1. The van der Waals surface area contributed by atoms with Crippen LogP contribution in [-0.4, -0.2) is 22.0 Å².